The average molecular weight is 737 g/mol. The highest BCUT2D eigenvalue weighted by Gasteiger charge is 2.22. The fourth-order valence-corrected chi connectivity index (χ4v) is 10.9. The van der Waals surface area contributed by atoms with Crippen LogP contribution in [0.5, 0.6) is 0 Å². The lowest BCUT2D eigenvalue weighted by Gasteiger charge is -2.22. The lowest BCUT2D eigenvalue weighted by molar-refractivity contribution is 1.15. The van der Waals surface area contributed by atoms with Crippen molar-refractivity contribution in [1.82, 2.24) is 9.13 Å². The second-order valence-corrected chi connectivity index (χ2v) is 16.4. The Hall–Kier alpha value is -6.47. The van der Waals surface area contributed by atoms with E-state index in [-0.39, 0.29) is 0 Å². The van der Waals surface area contributed by atoms with Crippen LogP contribution in [0.1, 0.15) is 31.4 Å². The standard InChI is InChI=1S/C51H35N2P.C2H6/c1-3-13-35-23-27-42(33-37(35)15-4-1)54(43-28-24-36-14-7-8-16-38(36)34-43)41-29-25-40(26-30-41)53-49-22-12-10-20-45(49)47-32-31-46-44-19-9-11-21-48(44)52(50(46)51(47)53)39-17-5-2-6-18-39;1-2/h2-34H,1H2;1-2H3. The molecule has 0 aliphatic heterocycles. The highest BCUT2D eigenvalue weighted by Crippen LogP contribution is 2.42. The van der Waals surface area contributed by atoms with Crippen molar-refractivity contribution in [2.45, 2.75) is 20.3 Å². The van der Waals surface area contributed by atoms with Gasteiger partial charge in [0.25, 0.3) is 0 Å². The quantitative estimate of drug-likeness (QED) is 0.156. The first kappa shape index (κ1) is 34.1. The molecule has 0 saturated heterocycles. The summed E-state index contributed by atoms with van der Waals surface area (Å²) in [6.45, 7) is 4.00. The monoisotopic (exact) mass is 736 g/mol. The minimum atomic E-state index is -0.831. The molecule has 3 heteroatoms. The van der Waals surface area contributed by atoms with Crippen LogP contribution in [0.3, 0.4) is 0 Å². The molecule has 56 heavy (non-hydrogen) atoms. The SMILES string of the molecule is C1=Cc2ccc(P(c3ccc(-n4c5ccccc5c5ccc6c7ccccc7n(-c7ccccc7)c6c54)cc3)c3ccc4ccccc4c3)cc2C=CC1.CC. The summed E-state index contributed by atoms with van der Waals surface area (Å²) in [5.74, 6) is 0. The first-order chi connectivity index (χ1) is 27.8. The van der Waals surface area contributed by atoms with Gasteiger partial charge in [0, 0.05) is 32.9 Å². The summed E-state index contributed by atoms with van der Waals surface area (Å²) in [6.07, 6.45) is 10.0. The van der Waals surface area contributed by atoms with Crippen LogP contribution in [-0.4, -0.2) is 9.13 Å². The summed E-state index contributed by atoms with van der Waals surface area (Å²) in [6, 6.07) is 65.4. The second kappa shape index (κ2) is 14.3. The normalized spacial score (nSPS) is 12.9. The third-order valence-corrected chi connectivity index (χ3v) is 13.4. The Bertz CT molecular complexity index is 3120. The molecule has 1 atom stereocenters. The number of allylic oxidation sites excluding steroid dienone is 2. The van der Waals surface area contributed by atoms with Crippen molar-refractivity contribution in [3.8, 4) is 11.4 Å². The maximum absolute atomic E-state index is 2.49. The summed E-state index contributed by atoms with van der Waals surface area (Å²) in [5.41, 5.74) is 9.76. The van der Waals surface area contributed by atoms with Crippen LogP contribution >= 0.6 is 7.92 Å². The van der Waals surface area contributed by atoms with Crippen LogP contribution in [0, 0.1) is 0 Å². The van der Waals surface area contributed by atoms with Gasteiger partial charge in [-0.1, -0.05) is 166 Å². The van der Waals surface area contributed by atoms with E-state index in [1.807, 2.05) is 13.8 Å². The van der Waals surface area contributed by atoms with Crippen molar-refractivity contribution in [3.05, 3.63) is 199 Å². The predicted molar refractivity (Wildman–Crippen MR) is 245 cm³/mol. The molecular formula is C53H41N2P. The molecular weight excluding hydrogens is 696 g/mol. The molecule has 0 bridgehead atoms. The molecule has 10 aromatic rings. The smallest absolute Gasteiger partial charge is 0.0788 e. The summed E-state index contributed by atoms with van der Waals surface area (Å²) in [7, 11) is -0.831. The van der Waals surface area contributed by atoms with E-state index in [0.717, 1.165) is 17.8 Å². The van der Waals surface area contributed by atoms with Gasteiger partial charge in [-0.05, 0) is 101 Å². The number of fused-ring (bicyclic) bond motifs is 9. The molecule has 0 spiro atoms. The molecule has 1 aliphatic rings. The van der Waals surface area contributed by atoms with Gasteiger partial charge < -0.3 is 9.13 Å². The van der Waals surface area contributed by atoms with E-state index in [1.54, 1.807) is 0 Å². The topological polar surface area (TPSA) is 9.86 Å². The van der Waals surface area contributed by atoms with Crippen molar-refractivity contribution >= 4 is 90.4 Å². The highest BCUT2D eigenvalue weighted by molar-refractivity contribution is 7.79. The zero-order valence-electron chi connectivity index (χ0n) is 31.6. The Morgan fingerprint density at radius 2 is 0.911 bits per heavy atom. The van der Waals surface area contributed by atoms with Gasteiger partial charge in [-0.3, -0.25) is 0 Å². The van der Waals surface area contributed by atoms with Crippen LogP contribution in [0.15, 0.2) is 188 Å². The van der Waals surface area contributed by atoms with Gasteiger partial charge in [0.15, 0.2) is 0 Å². The Balaban J connectivity index is 0.00000189. The number of hydrogen-bond donors (Lipinski definition) is 0. The third-order valence-electron chi connectivity index (χ3n) is 11.0. The molecule has 0 radical (unpaired) electrons. The van der Waals surface area contributed by atoms with E-state index in [4.69, 9.17) is 0 Å². The van der Waals surface area contributed by atoms with Crippen LogP contribution in [0.25, 0.3) is 77.9 Å². The molecule has 2 heterocycles. The molecule has 1 unspecified atom stereocenters. The molecule has 268 valence electrons. The summed E-state index contributed by atoms with van der Waals surface area (Å²) >= 11 is 0. The maximum Gasteiger partial charge on any atom is 0.0788 e. The largest absolute Gasteiger partial charge is 0.307 e. The molecule has 1 aliphatic carbocycles. The van der Waals surface area contributed by atoms with Crippen LogP contribution in [-0.2, 0) is 0 Å². The van der Waals surface area contributed by atoms with E-state index < -0.39 is 7.92 Å². The first-order valence-corrected chi connectivity index (χ1v) is 21.0. The zero-order valence-corrected chi connectivity index (χ0v) is 32.5. The number of para-hydroxylation sites is 3. The van der Waals surface area contributed by atoms with Gasteiger partial charge in [0.2, 0.25) is 0 Å². The van der Waals surface area contributed by atoms with Crippen molar-refractivity contribution in [2.24, 2.45) is 0 Å². The maximum atomic E-state index is 2.49. The predicted octanol–water partition coefficient (Wildman–Crippen LogP) is 13.2. The third kappa shape index (κ3) is 5.60. The highest BCUT2D eigenvalue weighted by atomic mass is 31.1. The molecule has 8 aromatic carbocycles. The Kier molecular flexibility index (Phi) is 8.70. The Morgan fingerprint density at radius 3 is 1.59 bits per heavy atom. The molecule has 2 nitrogen and oxygen atoms in total. The fourth-order valence-electron chi connectivity index (χ4n) is 8.59. The average Bonchev–Trinajstić information content (AvgIpc) is 3.67. The molecule has 0 saturated carbocycles. The second-order valence-electron chi connectivity index (χ2n) is 14.1. The van der Waals surface area contributed by atoms with Crippen LogP contribution < -0.4 is 15.9 Å². The van der Waals surface area contributed by atoms with Gasteiger partial charge in [-0.2, -0.15) is 0 Å². The van der Waals surface area contributed by atoms with Crippen molar-refractivity contribution in [1.29, 1.82) is 0 Å². The minimum Gasteiger partial charge on any atom is -0.307 e. The van der Waals surface area contributed by atoms with E-state index in [9.17, 15) is 0 Å². The molecule has 11 rings (SSSR count). The Labute approximate surface area is 329 Å². The summed E-state index contributed by atoms with van der Waals surface area (Å²) < 4.78 is 4.95. The van der Waals surface area contributed by atoms with E-state index >= 15 is 0 Å². The van der Waals surface area contributed by atoms with Crippen molar-refractivity contribution in [2.75, 3.05) is 0 Å². The molecule has 0 amide bonds. The number of benzene rings is 8. The Morgan fingerprint density at radius 1 is 0.393 bits per heavy atom. The molecule has 0 N–H and O–H groups in total. The number of nitrogens with zero attached hydrogens (tertiary/aromatic N) is 2. The lowest BCUT2D eigenvalue weighted by atomic mass is 10.1. The first-order valence-electron chi connectivity index (χ1n) is 19.7. The number of rotatable bonds is 5. The van der Waals surface area contributed by atoms with Crippen LogP contribution in [0.4, 0.5) is 0 Å². The summed E-state index contributed by atoms with van der Waals surface area (Å²) in [4.78, 5) is 0. The zero-order chi connectivity index (χ0) is 37.6. The van der Waals surface area contributed by atoms with Gasteiger partial charge in [0.05, 0.1) is 22.1 Å². The van der Waals surface area contributed by atoms with Gasteiger partial charge in [0.1, 0.15) is 0 Å². The lowest BCUT2D eigenvalue weighted by Crippen LogP contribution is -2.21. The van der Waals surface area contributed by atoms with E-state index in [2.05, 4.69) is 209 Å². The van der Waals surface area contributed by atoms with Gasteiger partial charge >= 0.3 is 0 Å². The van der Waals surface area contributed by atoms with Crippen molar-refractivity contribution < 1.29 is 0 Å². The summed E-state index contributed by atoms with van der Waals surface area (Å²) in [5, 5.41) is 11.6. The molecule has 2 aromatic heterocycles. The van der Waals surface area contributed by atoms with Crippen molar-refractivity contribution in [3.63, 3.8) is 0 Å². The number of hydrogen-bond acceptors (Lipinski definition) is 0. The fraction of sp³-hybridized carbons (Fsp3) is 0.0566. The minimum absolute atomic E-state index is 0.831. The van der Waals surface area contributed by atoms with E-state index in [0.29, 0.717) is 0 Å². The van der Waals surface area contributed by atoms with Gasteiger partial charge in [-0.25, -0.2) is 0 Å². The van der Waals surface area contributed by atoms with Gasteiger partial charge in [-0.15, -0.1) is 0 Å². The number of aromatic nitrogens is 2. The van der Waals surface area contributed by atoms with Crippen LogP contribution in [0.2, 0.25) is 0 Å². The van der Waals surface area contributed by atoms with E-state index in [1.165, 1.54) is 81.4 Å². The molecule has 0 fully saturated rings.